The molecule has 0 spiro atoms. The molecule has 3 heterocycles. The standard InChI is InChI=1S/C42H38N6O3/c49-40(46-34-16-10-28(11-17-34)37-7-1-4-22-43-37)31-25-32(41(50)47-35-18-12-29(13-19-35)38-8-2-5-23-44-38)27-33(26-31)42(51)48-36-20-14-30(15-21-36)39-9-3-6-24-45-39/h1-24,31-33,40,46,49H,25-27H2,(H,47,50)(H,48,51). The molecule has 9 heteroatoms. The number of pyridine rings is 3. The first-order chi connectivity index (χ1) is 25.0. The molecule has 3 atom stereocenters. The van der Waals surface area contributed by atoms with E-state index in [-0.39, 0.29) is 17.7 Å². The van der Waals surface area contributed by atoms with Crippen LogP contribution in [0.3, 0.4) is 0 Å². The van der Waals surface area contributed by atoms with Crippen molar-refractivity contribution in [3.63, 3.8) is 0 Å². The number of aromatic nitrogens is 3. The summed E-state index contributed by atoms with van der Waals surface area (Å²) in [5.74, 6) is -1.72. The largest absolute Gasteiger partial charge is 0.374 e. The van der Waals surface area contributed by atoms with Gasteiger partial charge in [-0.15, -0.1) is 0 Å². The third-order valence-corrected chi connectivity index (χ3v) is 9.32. The Balaban J connectivity index is 1.06. The summed E-state index contributed by atoms with van der Waals surface area (Å²) in [6.07, 6.45) is 5.46. The van der Waals surface area contributed by atoms with Gasteiger partial charge in [0.15, 0.2) is 0 Å². The Morgan fingerprint density at radius 1 is 0.510 bits per heavy atom. The highest BCUT2D eigenvalue weighted by Gasteiger charge is 2.39. The van der Waals surface area contributed by atoms with Gasteiger partial charge in [-0.2, -0.15) is 0 Å². The topological polar surface area (TPSA) is 129 Å². The minimum atomic E-state index is -0.980. The minimum Gasteiger partial charge on any atom is -0.374 e. The van der Waals surface area contributed by atoms with E-state index in [9.17, 15) is 14.7 Å². The van der Waals surface area contributed by atoms with Crippen molar-refractivity contribution < 1.29 is 14.7 Å². The predicted molar refractivity (Wildman–Crippen MR) is 200 cm³/mol. The Labute approximate surface area is 296 Å². The molecule has 4 N–H and O–H groups in total. The number of aliphatic hydroxyl groups is 1. The molecule has 7 rings (SSSR count). The molecule has 3 aromatic carbocycles. The van der Waals surface area contributed by atoms with E-state index in [1.807, 2.05) is 127 Å². The van der Waals surface area contributed by atoms with E-state index in [0.717, 1.165) is 39.5 Å². The van der Waals surface area contributed by atoms with Gasteiger partial charge in [0.2, 0.25) is 11.8 Å². The Bertz CT molecular complexity index is 1940. The second kappa shape index (κ2) is 15.6. The van der Waals surface area contributed by atoms with E-state index in [1.54, 1.807) is 18.6 Å². The average molecular weight is 675 g/mol. The fraction of sp³-hybridized carbons (Fsp3) is 0.167. The summed E-state index contributed by atoms with van der Waals surface area (Å²) in [5, 5.41) is 20.8. The lowest BCUT2D eigenvalue weighted by atomic mass is 9.73. The molecule has 0 aliphatic heterocycles. The zero-order valence-electron chi connectivity index (χ0n) is 27.9. The molecule has 1 aliphatic rings. The lowest BCUT2D eigenvalue weighted by Crippen LogP contribution is -2.42. The quantitative estimate of drug-likeness (QED) is 0.109. The Hall–Kier alpha value is -6.19. The van der Waals surface area contributed by atoms with Crippen molar-refractivity contribution in [2.24, 2.45) is 17.8 Å². The van der Waals surface area contributed by atoms with Crippen molar-refractivity contribution in [1.29, 1.82) is 0 Å². The van der Waals surface area contributed by atoms with Gasteiger partial charge >= 0.3 is 0 Å². The van der Waals surface area contributed by atoms with Crippen LogP contribution >= 0.6 is 0 Å². The Morgan fingerprint density at radius 3 is 1.24 bits per heavy atom. The van der Waals surface area contributed by atoms with Gasteiger partial charge < -0.3 is 21.1 Å². The van der Waals surface area contributed by atoms with Crippen LogP contribution in [0, 0.1) is 17.8 Å². The fourth-order valence-corrected chi connectivity index (χ4v) is 6.61. The highest BCUT2D eigenvalue weighted by molar-refractivity contribution is 5.96. The predicted octanol–water partition coefficient (Wildman–Crippen LogP) is 7.91. The first kappa shape index (κ1) is 33.3. The monoisotopic (exact) mass is 674 g/mol. The van der Waals surface area contributed by atoms with Crippen LogP contribution in [-0.2, 0) is 9.59 Å². The summed E-state index contributed by atoms with van der Waals surface area (Å²) in [4.78, 5) is 40.7. The number of anilines is 3. The lowest BCUT2D eigenvalue weighted by molar-refractivity contribution is -0.126. The van der Waals surface area contributed by atoms with Crippen molar-refractivity contribution in [2.45, 2.75) is 25.5 Å². The second-order valence-electron chi connectivity index (χ2n) is 12.8. The maximum atomic E-state index is 13.8. The number of benzene rings is 3. The number of nitrogens with one attached hydrogen (secondary N) is 3. The summed E-state index contributed by atoms with van der Waals surface area (Å²) in [7, 11) is 0. The molecular weight excluding hydrogens is 637 g/mol. The van der Waals surface area contributed by atoms with E-state index < -0.39 is 18.1 Å². The molecule has 9 nitrogen and oxygen atoms in total. The van der Waals surface area contributed by atoms with Crippen LogP contribution in [0.15, 0.2) is 146 Å². The fourth-order valence-electron chi connectivity index (χ4n) is 6.61. The van der Waals surface area contributed by atoms with Crippen molar-refractivity contribution in [1.82, 2.24) is 15.0 Å². The Morgan fingerprint density at radius 2 is 0.882 bits per heavy atom. The summed E-state index contributed by atoms with van der Waals surface area (Å²) in [5.41, 5.74) is 7.44. The molecule has 6 aromatic rings. The summed E-state index contributed by atoms with van der Waals surface area (Å²) < 4.78 is 0. The van der Waals surface area contributed by atoms with Crippen LogP contribution in [0.4, 0.5) is 17.1 Å². The first-order valence-corrected chi connectivity index (χ1v) is 17.1. The van der Waals surface area contributed by atoms with Crippen LogP contribution in [0.5, 0.6) is 0 Å². The van der Waals surface area contributed by atoms with Gasteiger partial charge in [-0.3, -0.25) is 24.5 Å². The van der Waals surface area contributed by atoms with E-state index in [4.69, 9.17) is 0 Å². The van der Waals surface area contributed by atoms with Gasteiger partial charge in [0.25, 0.3) is 0 Å². The van der Waals surface area contributed by atoms with Crippen LogP contribution in [0.1, 0.15) is 19.3 Å². The molecule has 254 valence electrons. The van der Waals surface area contributed by atoms with Crippen LogP contribution in [0.2, 0.25) is 0 Å². The van der Waals surface area contributed by atoms with Crippen molar-refractivity contribution in [3.05, 3.63) is 146 Å². The molecule has 1 aliphatic carbocycles. The molecule has 3 unspecified atom stereocenters. The van der Waals surface area contributed by atoms with Crippen molar-refractivity contribution in [3.8, 4) is 33.8 Å². The number of rotatable bonds is 10. The van der Waals surface area contributed by atoms with Crippen LogP contribution < -0.4 is 16.0 Å². The van der Waals surface area contributed by atoms with Crippen LogP contribution in [-0.4, -0.2) is 38.1 Å². The number of carbonyl (C=O) groups is 2. The number of nitrogens with zero attached hydrogens (tertiary/aromatic N) is 3. The van der Waals surface area contributed by atoms with Crippen molar-refractivity contribution in [2.75, 3.05) is 16.0 Å². The molecule has 0 radical (unpaired) electrons. The van der Waals surface area contributed by atoms with Crippen LogP contribution in [0.25, 0.3) is 33.8 Å². The maximum Gasteiger partial charge on any atom is 0.227 e. The molecule has 0 saturated heterocycles. The third-order valence-electron chi connectivity index (χ3n) is 9.32. The number of hydrogen-bond donors (Lipinski definition) is 4. The van der Waals surface area contributed by atoms with E-state index >= 15 is 0 Å². The van der Waals surface area contributed by atoms with E-state index in [2.05, 4.69) is 30.9 Å². The summed E-state index contributed by atoms with van der Waals surface area (Å²) in [6, 6.07) is 40.0. The number of amides is 2. The lowest BCUT2D eigenvalue weighted by Gasteiger charge is -2.36. The van der Waals surface area contributed by atoms with Gasteiger partial charge in [0.05, 0.1) is 17.1 Å². The number of aliphatic hydroxyl groups excluding tert-OH is 1. The highest BCUT2D eigenvalue weighted by atomic mass is 16.3. The SMILES string of the molecule is O=C(Nc1ccc(-c2ccccn2)cc1)C1CC(C(=O)Nc2ccc(-c3ccccn3)cc2)CC(C(O)Nc2ccc(-c3ccccn3)cc2)C1. The van der Waals surface area contributed by atoms with Gasteiger partial charge in [0, 0.05) is 70.1 Å². The molecule has 0 bridgehead atoms. The molecule has 1 fully saturated rings. The van der Waals surface area contributed by atoms with Gasteiger partial charge in [-0.1, -0.05) is 54.6 Å². The molecule has 1 saturated carbocycles. The van der Waals surface area contributed by atoms with Crippen molar-refractivity contribution >= 4 is 28.9 Å². The Kier molecular flexibility index (Phi) is 10.2. The zero-order chi connectivity index (χ0) is 35.0. The molecule has 2 amide bonds. The molecule has 3 aromatic heterocycles. The zero-order valence-corrected chi connectivity index (χ0v) is 27.9. The second-order valence-corrected chi connectivity index (χ2v) is 12.8. The highest BCUT2D eigenvalue weighted by Crippen LogP contribution is 2.37. The minimum absolute atomic E-state index is 0.185. The maximum absolute atomic E-state index is 13.8. The molecule has 51 heavy (non-hydrogen) atoms. The normalized spacial score (nSPS) is 17.5. The number of hydrogen-bond acceptors (Lipinski definition) is 7. The van der Waals surface area contributed by atoms with Gasteiger partial charge in [-0.05, 0) is 92.1 Å². The first-order valence-electron chi connectivity index (χ1n) is 17.1. The van der Waals surface area contributed by atoms with E-state index in [0.29, 0.717) is 30.6 Å². The third kappa shape index (κ3) is 8.34. The van der Waals surface area contributed by atoms with E-state index in [1.165, 1.54) is 0 Å². The molecular formula is C42H38N6O3. The van der Waals surface area contributed by atoms with Gasteiger partial charge in [0.1, 0.15) is 6.23 Å². The number of carbonyl (C=O) groups excluding carboxylic acids is 2. The summed E-state index contributed by atoms with van der Waals surface area (Å²) in [6.45, 7) is 0. The van der Waals surface area contributed by atoms with Gasteiger partial charge in [-0.25, -0.2) is 0 Å². The smallest absolute Gasteiger partial charge is 0.227 e. The summed E-state index contributed by atoms with van der Waals surface area (Å²) >= 11 is 0. The average Bonchev–Trinajstić information content (AvgIpc) is 3.19.